The van der Waals surface area contributed by atoms with E-state index in [9.17, 15) is 9.90 Å². The van der Waals surface area contributed by atoms with Gasteiger partial charge in [-0.15, -0.1) is 11.3 Å². The van der Waals surface area contributed by atoms with Gasteiger partial charge in [-0.1, -0.05) is 12.8 Å². The van der Waals surface area contributed by atoms with Crippen LogP contribution in [0.2, 0.25) is 0 Å². The summed E-state index contributed by atoms with van der Waals surface area (Å²) in [6.07, 6.45) is 6.30. The predicted molar refractivity (Wildman–Crippen MR) is 75.0 cm³/mol. The fourth-order valence-corrected chi connectivity index (χ4v) is 3.64. The molecule has 2 N–H and O–H groups in total. The van der Waals surface area contributed by atoms with Crippen molar-refractivity contribution in [2.45, 2.75) is 38.6 Å². The van der Waals surface area contributed by atoms with Crippen LogP contribution in [0.15, 0.2) is 6.33 Å². The lowest BCUT2D eigenvalue weighted by molar-refractivity contribution is 0.0701. The molecular formula is C13H15N3O2S. The van der Waals surface area contributed by atoms with Crippen molar-refractivity contribution in [1.29, 1.82) is 0 Å². The third-order valence-electron chi connectivity index (χ3n) is 3.62. The van der Waals surface area contributed by atoms with E-state index < -0.39 is 5.97 Å². The summed E-state index contributed by atoms with van der Waals surface area (Å²) in [4.78, 5) is 20.8. The Balaban J connectivity index is 2.06. The number of aromatic nitrogens is 2. The molecule has 1 saturated carbocycles. The van der Waals surface area contributed by atoms with Crippen LogP contribution in [-0.4, -0.2) is 27.1 Å². The topological polar surface area (TPSA) is 75.1 Å². The van der Waals surface area contributed by atoms with Crippen LogP contribution in [0.5, 0.6) is 0 Å². The molecule has 6 heteroatoms. The predicted octanol–water partition coefficient (Wildman–Crippen LogP) is 3.05. The number of hydrogen-bond acceptors (Lipinski definition) is 5. The molecule has 0 amide bonds. The van der Waals surface area contributed by atoms with E-state index >= 15 is 0 Å². The average molecular weight is 277 g/mol. The Bertz CT molecular complexity index is 632. The third-order valence-corrected chi connectivity index (χ3v) is 4.80. The highest BCUT2D eigenvalue weighted by molar-refractivity contribution is 7.20. The molecule has 2 heterocycles. The van der Waals surface area contributed by atoms with Crippen LogP contribution < -0.4 is 5.32 Å². The number of nitrogens with one attached hydrogen (secondary N) is 1. The number of carboxylic acid groups (broad SMARTS) is 1. The number of thiophene rings is 1. The van der Waals surface area contributed by atoms with Crippen molar-refractivity contribution in [3.8, 4) is 0 Å². The van der Waals surface area contributed by atoms with Gasteiger partial charge in [-0.2, -0.15) is 0 Å². The Kier molecular flexibility index (Phi) is 3.10. The minimum atomic E-state index is -0.896. The molecule has 3 rings (SSSR count). The molecule has 19 heavy (non-hydrogen) atoms. The zero-order chi connectivity index (χ0) is 13.4. The van der Waals surface area contributed by atoms with Gasteiger partial charge in [0.25, 0.3) is 0 Å². The van der Waals surface area contributed by atoms with E-state index in [0.717, 1.165) is 34.4 Å². The standard InChI is InChI=1S/C13H15N3O2S/c1-7-9-11(16-8-4-2-3-5-8)14-6-15-12(9)19-10(7)13(17)18/h6,8H,2-5H2,1H3,(H,17,18)(H,14,15,16). The Morgan fingerprint density at radius 2 is 2.16 bits per heavy atom. The number of anilines is 1. The van der Waals surface area contributed by atoms with Crippen molar-refractivity contribution in [1.82, 2.24) is 9.97 Å². The number of fused-ring (bicyclic) bond motifs is 1. The first-order valence-corrected chi connectivity index (χ1v) is 7.22. The van der Waals surface area contributed by atoms with Crippen LogP contribution >= 0.6 is 11.3 Å². The molecule has 0 spiro atoms. The lowest BCUT2D eigenvalue weighted by Crippen LogP contribution is -2.15. The number of aryl methyl sites for hydroxylation is 1. The van der Waals surface area contributed by atoms with Crippen molar-refractivity contribution in [3.63, 3.8) is 0 Å². The number of aromatic carboxylic acids is 1. The molecule has 5 nitrogen and oxygen atoms in total. The van der Waals surface area contributed by atoms with Crippen LogP contribution in [0.4, 0.5) is 5.82 Å². The molecule has 0 saturated heterocycles. The van der Waals surface area contributed by atoms with Crippen molar-refractivity contribution >= 4 is 33.3 Å². The quantitative estimate of drug-likeness (QED) is 0.901. The molecule has 0 bridgehead atoms. The molecule has 0 aromatic carbocycles. The van der Waals surface area contributed by atoms with E-state index in [1.807, 2.05) is 6.92 Å². The molecule has 1 fully saturated rings. The smallest absolute Gasteiger partial charge is 0.346 e. The molecule has 0 aliphatic heterocycles. The summed E-state index contributed by atoms with van der Waals surface area (Å²) in [5.41, 5.74) is 0.758. The van der Waals surface area contributed by atoms with Crippen molar-refractivity contribution in [2.24, 2.45) is 0 Å². The van der Waals surface area contributed by atoms with Crippen LogP contribution in [0.1, 0.15) is 40.9 Å². The molecule has 0 unspecified atom stereocenters. The second-order valence-corrected chi connectivity index (χ2v) is 5.89. The van der Waals surface area contributed by atoms with Crippen LogP contribution in [0.25, 0.3) is 10.2 Å². The Morgan fingerprint density at radius 1 is 1.42 bits per heavy atom. The van der Waals surface area contributed by atoms with Crippen molar-refractivity contribution < 1.29 is 9.90 Å². The van der Waals surface area contributed by atoms with Crippen molar-refractivity contribution in [3.05, 3.63) is 16.8 Å². The zero-order valence-corrected chi connectivity index (χ0v) is 11.5. The molecule has 2 aromatic heterocycles. The first kappa shape index (κ1) is 12.3. The molecular weight excluding hydrogens is 262 g/mol. The molecule has 2 aromatic rings. The fraction of sp³-hybridized carbons (Fsp3) is 0.462. The van der Waals surface area contributed by atoms with Gasteiger partial charge in [0.1, 0.15) is 21.9 Å². The summed E-state index contributed by atoms with van der Waals surface area (Å²) in [6.45, 7) is 1.82. The van der Waals surface area contributed by atoms with Gasteiger partial charge >= 0.3 is 5.97 Å². The van der Waals surface area contributed by atoms with Gasteiger partial charge in [-0.3, -0.25) is 0 Å². The Labute approximate surface area is 114 Å². The van der Waals surface area contributed by atoms with E-state index in [2.05, 4.69) is 15.3 Å². The second-order valence-electron chi connectivity index (χ2n) is 4.89. The highest BCUT2D eigenvalue weighted by Crippen LogP contribution is 2.34. The largest absolute Gasteiger partial charge is 0.477 e. The number of carboxylic acids is 1. The molecule has 0 radical (unpaired) electrons. The maximum atomic E-state index is 11.2. The average Bonchev–Trinajstić information content (AvgIpc) is 2.98. The lowest BCUT2D eigenvalue weighted by atomic mass is 10.2. The van der Waals surface area contributed by atoms with Gasteiger partial charge in [-0.25, -0.2) is 14.8 Å². The van der Waals surface area contributed by atoms with E-state index in [1.54, 1.807) is 0 Å². The number of hydrogen-bond donors (Lipinski definition) is 2. The summed E-state index contributed by atoms with van der Waals surface area (Å²) >= 11 is 1.21. The minimum Gasteiger partial charge on any atom is -0.477 e. The van der Waals surface area contributed by atoms with Gasteiger partial charge in [0, 0.05) is 6.04 Å². The SMILES string of the molecule is Cc1c(C(=O)O)sc2ncnc(NC3CCCC3)c12. The summed E-state index contributed by atoms with van der Waals surface area (Å²) in [5, 5.41) is 13.5. The Morgan fingerprint density at radius 3 is 2.84 bits per heavy atom. The van der Waals surface area contributed by atoms with E-state index in [0.29, 0.717) is 10.9 Å². The number of rotatable bonds is 3. The van der Waals surface area contributed by atoms with Gasteiger partial charge in [0.15, 0.2) is 0 Å². The minimum absolute atomic E-state index is 0.352. The Hall–Kier alpha value is -1.69. The second kappa shape index (κ2) is 4.77. The van der Waals surface area contributed by atoms with Crippen LogP contribution in [0.3, 0.4) is 0 Å². The molecule has 0 atom stereocenters. The third kappa shape index (κ3) is 2.16. The van der Waals surface area contributed by atoms with E-state index in [-0.39, 0.29) is 0 Å². The first-order valence-electron chi connectivity index (χ1n) is 6.40. The zero-order valence-electron chi connectivity index (χ0n) is 10.6. The van der Waals surface area contributed by atoms with Crippen LogP contribution in [-0.2, 0) is 0 Å². The fourth-order valence-electron chi connectivity index (χ4n) is 2.65. The maximum absolute atomic E-state index is 11.2. The summed E-state index contributed by atoms with van der Waals surface area (Å²) in [7, 11) is 0. The normalized spacial score (nSPS) is 16.1. The number of nitrogens with zero attached hydrogens (tertiary/aromatic N) is 2. The van der Waals surface area contributed by atoms with Gasteiger partial charge in [-0.05, 0) is 25.3 Å². The van der Waals surface area contributed by atoms with E-state index in [1.165, 1.54) is 30.5 Å². The highest BCUT2D eigenvalue weighted by Gasteiger charge is 2.21. The summed E-state index contributed by atoms with van der Waals surface area (Å²) < 4.78 is 0. The van der Waals surface area contributed by atoms with Crippen molar-refractivity contribution in [2.75, 3.05) is 5.32 Å². The first-order chi connectivity index (χ1) is 9.16. The summed E-state index contributed by atoms with van der Waals surface area (Å²) in [6, 6.07) is 0.450. The van der Waals surface area contributed by atoms with Gasteiger partial charge in [0.2, 0.25) is 0 Å². The van der Waals surface area contributed by atoms with Crippen LogP contribution in [0, 0.1) is 6.92 Å². The summed E-state index contributed by atoms with van der Waals surface area (Å²) in [5.74, 6) is -0.120. The van der Waals surface area contributed by atoms with E-state index in [4.69, 9.17) is 0 Å². The molecule has 1 aliphatic carbocycles. The molecule has 1 aliphatic rings. The molecule has 100 valence electrons. The number of carbonyl (C=O) groups is 1. The van der Waals surface area contributed by atoms with Gasteiger partial charge in [0.05, 0.1) is 5.39 Å². The highest BCUT2D eigenvalue weighted by atomic mass is 32.1. The lowest BCUT2D eigenvalue weighted by Gasteiger charge is -2.13. The monoisotopic (exact) mass is 277 g/mol. The van der Waals surface area contributed by atoms with Gasteiger partial charge < -0.3 is 10.4 Å². The maximum Gasteiger partial charge on any atom is 0.346 e.